The molecule has 116 valence electrons. The number of hydrogen-bond acceptors (Lipinski definition) is 4. The van der Waals surface area contributed by atoms with E-state index in [9.17, 15) is 13.2 Å². The highest BCUT2D eigenvalue weighted by Crippen LogP contribution is 2.16. The van der Waals surface area contributed by atoms with Crippen LogP contribution in [0.3, 0.4) is 0 Å². The number of halogens is 1. The summed E-state index contributed by atoms with van der Waals surface area (Å²) in [5.74, 6) is -0.561. The number of amides is 1. The Kier molecular flexibility index (Phi) is 5.51. The first-order valence-corrected chi connectivity index (χ1v) is 8.64. The number of nitrogens with zero attached hydrogens (tertiary/aromatic N) is 1. The molecule has 1 N–H and O–H groups in total. The Balaban J connectivity index is 1.86. The number of carbonyl (C=O) groups excluding carboxylic acids is 1. The molecule has 0 unspecified atom stereocenters. The molecule has 0 aliphatic rings. The number of rotatable bonds is 6. The Labute approximate surface area is 134 Å². The second kappa shape index (κ2) is 7.38. The van der Waals surface area contributed by atoms with Crippen LogP contribution in [0.5, 0.6) is 0 Å². The Morgan fingerprint density at radius 3 is 2.55 bits per heavy atom. The van der Waals surface area contributed by atoms with Gasteiger partial charge < -0.3 is 5.32 Å². The van der Waals surface area contributed by atoms with Crippen LogP contribution in [-0.2, 0) is 21.2 Å². The third-order valence-corrected chi connectivity index (χ3v) is 4.97. The third-order valence-electron chi connectivity index (χ3n) is 2.98. The number of benzene rings is 1. The van der Waals surface area contributed by atoms with Crippen LogP contribution >= 0.6 is 11.6 Å². The first-order valence-electron chi connectivity index (χ1n) is 6.61. The van der Waals surface area contributed by atoms with Gasteiger partial charge in [-0.2, -0.15) is 0 Å². The standard InChI is InChI=1S/C15H15ClN2O3S/c16-13-3-5-14(6-4-13)22(20,21)9-7-15(19)18-11-12-2-1-8-17-10-12/h1-6,8,10H,7,9,11H2,(H,18,19). The first kappa shape index (κ1) is 16.5. The molecule has 1 heterocycles. The van der Waals surface area contributed by atoms with Gasteiger partial charge in [-0.15, -0.1) is 0 Å². The molecule has 2 aromatic rings. The van der Waals surface area contributed by atoms with Gasteiger partial charge in [0.05, 0.1) is 10.6 Å². The molecule has 0 bridgehead atoms. The Morgan fingerprint density at radius 2 is 1.91 bits per heavy atom. The van der Waals surface area contributed by atoms with Gasteiger partial charge >= 0.3 is 0 Å². The monoisotopic (exact) mass is 338 g/mol. The fourth-order valence-corrected chi connectivity index (χ4v) is 3.15. The maximum atomic E-state index is 12.1. The molecule has 7 heteroatoms. The second-order valence-electron chi connectivity index (χ2n) is 4.66. The van der Waals surface area contributed by atoms with E-state index in [-0.39, 0.29) is 23.0 Å². The average molecular weight is 339 g/mol. The van der Waals surface area contributed by atoms with Crippen LogP contribution in [0.4, 0.5) is 0 Å². The maximum absolute atomic E-state index is 12.1. The lowest BCUT2D eigenvalue weighted by atomic mass is 10.3. The van der Waals surface area contributed by atoms with Gasteiger partial charge in [-0.1, -0.05) is 17.7 Å². The van der Waals surface area contributed by atoms with Crippen LogP contribution in [-0.4, -0.2) is 25.1 Å². The van der Waals surface area contributed by atoms with Crippen molar-refractivity contribution in [3.05, 3.63) is 59.4 Å². The van der Waals surface area contributed by atoms with Gasteiger partial charge in [-0.25, -0.2) is 8.42 Å². The molecule has 1 amide bonds. The van der Waals surface area contributed by atoms with Crippen LogP contribution in [0.15, 0.2) is 53.7 Å². The van der Waals surface area contributed by atoms with E-state index in [0.717, 1.165) is 5.56 Å². The van der Waals surface area contributed by atoms with E-state index in [2.05, 4.69) is 10.3 Å². The van der Waals surface area contributed by atoms with Gasteiger partial charge in [0.15, 0.2) is 9.84 Å². The molecule has 0 saturated heterocycles. The minimum absolute atomic E-state index is 0.0920. The molecular weight excluding hydrogens is 324 g/mol. The number of pyridine rings is 1. The Morgan fingerprint density at radius 1 is 1.18 bits per heavy atom. The molecule has 0 saturated carbocycles. The molecule has 2 rings (SSSR count). The van der Waals surface area contributed by atoms with Crippen LogP contribution < -0.4 is 5.32 Å². The average Bonchev–Trinajstić information content (AvgIpc) is 2.52. The van der Waals surface area contributed by atoms with Crippen LogP contribution in [0.2, 0.25) is 5.02 Å². The molecule has 5 nitrogen and oxygen atoms in total. The van der Waals surface area contributed by atoms with E-state index in [0.29, 0.717) is 11.6 Å². The normalized spacial score (nSPS) is 11.1. The Bertz CT molecular complexity index is 731. The van der Waals surface area contributed by atoms with Crippen molar-refractivity contribution in [2.24, 2.45) is 0 Å². The van der Waals surface area contributed by atoms with Gasteiger partial charge in [-0.3, -0.25) is 9.78 Å². The first-order chi connectivity index (χ1) is 10.5. The summed E-state index contributed by atoms with van der Waals surface area (Å²) in [7, 11) is -3.49. The minimum Gasteiger partial charge on any atom is -0.352 e. The van der Waals surface area contributed by atoms with E-state index in [1.165, 1.54) is 24.3 Å². The number of sulfone groups is 1. The van der Waals surface area contributed by atoms with E-state index in [4.69, 9.17) is 11.6 Å². The summed E-state index contributed by atoms with van der Waals surface area (Å²) >= 11 is 5.72. The van der Waals surface area contributed by atoms with Crippen molar-refractivity contribution < 1.29 is 13.2 Å². The van der Waals surface area contributed by atoms with Crippen molar-refractivity contribution in [3.8, 4) is 0 Å². The van der Waals surface area contributed by atoms with Gasteiger partial charge in [0.25, 0.3) is 0 Å². The topological polar surface area (TPSA) is 76.1 Å². The van der Waals surface area contributed by atoms with Crippen molar-refractivity contribution >= 4 is 27.3 Å². The molecule has 0 atom stereocenters. The highest BCUT2D eigenvalue weighted by Gasteiger charge is 2.16. The van der Waals surface area contributed by atoms with Crippen LogP contribution in [0.25, 0.3) is 0 Å². The SMILES string of the molecule is O=C(CCS(=O)(=O)c1ccc(Cl)cc1)NCc1cccnc1. The van der Waals surface area contributed by atoms with Crippen LogP contribution in [0, 0.1) is 0 Å². The van der Waals surface area contributed by atoms with Crippen molar-refractivity contribution in [1.29, 1.82) is 0 Å². The summed E-state index contributed by atoms with van der Waals surface area (Å²) in [4.78, 5) is 15.8. The molecule has 22 heavy (non-hydrogen) atoms. The number of nitrogens with one attached hydrogen (secondary N) is 1. The predicted molar refractivity (Wildman–Crippen MR) is 84.2 cm³/mol. The molecule has 0 aliphatic carbocycles. The summed E-state index contributed by atoms with van der Waals surface area (Å²) in [5, 5.41) is 3.13. The fraction of sp³-hybridized carbons (Fsp3) is 0.200. The third kappa shape index (κ3) is 4.82. The zero-order valence-electron chi connectivity index (χ0n) is 11.7. The van der Waals surface area contributed by atoms with Crippen molar-refractivity contribution in [3.63, 3.8) is 0 Å². The maximum Gasteiger partial charge on any atom is 0.221 e. The molecule has 1 aromatic carbocycles. The van der Waals surface area contributed by atoms with E-state index in [1.807, 2.05) is 6.07 Å². The van der Waals surface area contributed by atoms with Crippen molar-refractivity contribution in [1.82, 2.24) is 10.3 Å². The van der Waals surface area contributed by atoms with Crippen molar-refractivity contribution in [2.45, 2.75) is 17.9 Å². The lowest BCUT2D eigenvalue weighted by Gasteiger charge is -2.06. The zero-order valence-corrected chi connectivity index (χ0v) is 13.3. The highest BCUT2D eigenvalue weighted by molar-refractivity contribution is 7.91. The quantitative estimate of drug-likeness (QED) is 0.876. The van der Waals surface area contributed by atoms with Gasteiger partial charge in [0.1, 0.15) is 0 Å². The minimum atomic E-state index is -3.49. The summed E-state index contributed by atoms with van der Waals surface area (Å²) < 4.78 is 24.2. The number of aromatic nitrogens is 1. The number of hydrogen-bond donors (Lipinski definition) is 1. The fourth-order valence-electron chi connectivity index (χ4n) is 1.78. The molecular formula is C15H15ClN2O3S. The molecule has 1 aromatic heterocycles. The summed E-state index contributed by atoms with van der Waals surface area (Å²) in [6, 6.07) is 9.49. The smallest absolute Gasteiger partial charge is 0.221 e. The highest BCUT2D eigenvalue weighted by atomic mass is 35.5. The molecule has 0 radical (unpaired) electrons. The molecule has 0 fully saturated rings. The van der Waals surface area contributed by atoms with Gasteiger partial charge in [0, 0.05) is 30.4 Å². The summed E-state index contributed by atoms with van der Waals surface area (Å²) in [6.45, 7) is 0.327. The summed E-state index contributed by atoms with van der Waals surface area (Å²) in [5.41, 5.74) is 0.858. The van der Waals surface area contributed by atoms with Gasteiger partial charge in [0.2, 0.25) is 5.91 Å². The van der Waals surface area contributed by atoms with Crippen LogP contribution in [0.1, 0.15) is 12.0 Å². The second-order valence-corrected chi connectivity index (χ2v) is 7.21. The van der Waals surface area contributed by atoms with Gasteiger partial charge in [-0.05, 0) is 35.9 Å². The van der Waals surface area contributed by atoms with E-state index >= 15 is 0 Å². The molecule has 0 spiro atoms. The van der Waals surface area contributed by atoms with Crippen molar-refractivity contribution in [2.75, 3.05) is 5.75 Å². The zero-order chi connectivity index (χ0) is 16.0. The Hall–Kier alpha value is -1.92. The number of carbonyl (C=O) groups is 1. The lowest BCUT2D eigenvalue weighted by Crippen LogP contribution is -2.25. The molecule has 0 aliphatic heterocycles. The lowest BCUT2D eigenvalue weighted by molar-refractivity contribution is -0.120. The predicted octanol–water partition coefficient (Wildman–Crippen LogP) is 2.22. The summed E-state index contributed by atoms with van der Waals surface area (Å²) in [6.07, 6.45) is 3.19. The largest absolute Gasteiger partial charge is 0.352 e. The van der Waals surface area contributed by atoms with E-state index in [1.54, 1.807) is 18.5 Å². The van der Waals surface area contributed by atoms with E-state index < -0.39 is 9.84 Å².